The maximum Gasteiger partial charge on any atom is 0.291 e. The van der Waals surface area contributed by atoms with Gasteiger partial charge in [0.1, 0.15) is 17.9 Å². The highest BCUT2D eigenvalue weighted by Gasteiger charge is 2.42. The highest BCUT2D eigenvalue weighted by atomic mass is 35.5. The minimum absolute atomic E-state index is 0.0731. The van der Waals surface area contributed by atoms with Gasteiger partial charge in [-0.2, -0.15) is 0 Å². The Morgan fingerprint density at radius 2 is 1.79 bits per heavy atom. The predicted molar refractivity (Wildman–Crippen MR) is 133 cm³/mol. The van der Waals surface area contributed by atoms with E-state index in [2.05, 4.69) is 6.58 Å². The largest absolute Gasteiger partial charge is 0.490 e. The molecule has 1 aliphatic heterocycles. The second-order valence-corrected chi connectivity index (χ2v) is 8.74. The third-order valence-corrected chi connectivity index (χ3v) is 6.20. The predicted octanol–water partition coefficient (Wildman–Crippen LogP) is 6.07. The summed E-state index contributed by atoms with van der Waals surface area (Å²) in [7, 11) is 0. The summed E-state index contributed by atoms with van der Waals surface area (Å²) < 4.78 is 11.6. The molecule has 1 atom stereocenters. The van der Waals surface area contributed by atoms with Crippen molar-refractivity contribution in [2.75, 3.05) is 6.61 Å². The van der Waals surface area contributed by atoms with Crippen LogP contribution in [0.15, 0.2) is 88.6 Å². The Kier molecular flexibility index (Phi) is 5.72. The zero-order valence-corrected chi connectivity index (χ0v) is 19.3. The van der Waals surface area contributed by atoms with Crippen molar-refractivity contribution in [2.45, 2.75) is 19.5 Å². The zero-order chi connectivity index (χ0) is 23.8. The molecule has 0 radical (unpaired) electrons. The summed E-state index contributed by atoms with van der Waals surface area (Å²) in [5, 5.41) is 0.785. The van der Waals surface area contributed by atoms with E-state index < -0.39 is 6.04 Å². The first-order valence-electron chi connectivity index (χ1n) is 10.9. The minimum Gasteiger partial charge on any atom is -0.490 e. The van der Waals surface area contributed by atoms with Crippen LogP contribution in [0.3, 0.4) is 0 Å². The van der Waals surface area contributed by atoms with Crippen LogP contribution in [0.4, 0.5) is 0 Å². The number of rotatable bonds is 6. The van der Waals surface area contributed by atoms with E-state index in [1.165, 1.54) is 0 Å². The molecule has 0 fully saturated rings. The Hall–Kier alpha value is -3.83. The molecule has 1 aromatic heterocycles. The number of aryl methyl sites for hydroxylation is 1. The normalized spacial score (nSPS) is 14.9. The smallest absolute Gasteiger partial charge is 0.291 e. The lowest BCUT2D eigenvalue weighted by molar-refractivity contribution is 0.0714. The summed E-state index contributed by atoms with van der Waals surface area (Å²) >= 11 is 6.15. The van der Waals surface area contributed by atoms with Crippen molar-refractivity contribution in [3.63, 3.8) is 0 Å². The second kappa shape index (κ2) is 8.84. The molecular weight excluding hydrogens is 450 g/mol. The third-order valence-electron chi connectivity index (χ3n) is 5.96. The number of nitrogens with zero attached hydrogens (tertiary/aromatic N) is 1. The Morgan fingerprint density at radius 3 is 2.50 bits per heavy atom. The lowest BCUT2D eigenvalue weighted by Gasteiger charge is -2.25. The van der Waals surface area contributed by atoms with Gasteiger partial charge in [0.2, 0.25) is 5.76 Å². The van der Waals surface area contributed by atoms with E-state index in [0.717, 1.165) is 16.7 Å². The first kappa shape index (κ1) is 22.0. The molecule has 170 valence electrons. The van der Waals surface area contributed by atoms with Gasteiger partial charge in [0, 0.05) is 11.6 Å². The van der Waals surface area contributed by atoms with E-state index in [-0.39, 0.29) is 17.1 Å². The summed E-state index contributed by atoms with van der Waals surface area (Å²) in [6, 6.07) is 19.6. The molecule has 0 N–H and O–H groups in total. The first-order valence-corrected chi connectivity index (χ1v) is 11.3. The number of amides is 1. The minimum atomic E-state index is -0.600. The molecule has 2 heterocycles. The van der Waals surface area contributed by atoms with Crippen molar-refractivity contribution in [2.24, 2.45) is 0 Å². The average Bonchev–Trinajstić information content (AvgIpc) is 3.11. The van der Waals surface area contributed by atoms with Crippen molar-refractivity contribution < 1.29 is 13.9 Å². The van der Waals surface area contributed by atoms with Crippen molar-refractivity contribution >= 4 is 28.5 Å². The number of hydrogen-bond acceptors (Lipinski definition) is 4. The van der Waals surface area contributed by atoms with Gasteiger partial charge >= 0.3 is 0 Å². The van der Waals surface area contributed by atoms with Gasteiger partial charge in [0.25, 0.3) is 5.91 Å². The van der Waals surface area contributed by atoms with Crippen LogP contribution in [-0.2, 0) is 6.54 Å². The van der Waals surface area contributed by atoms with Gasteiger partial charge in [-0.3, -0.25) is 9.59 Å². The van der Waals surface area contributed by atoms with E-state index in [1.807, 2.05) is 55.5 Å². The fraction of sp³-hybridized carbons (Fsp3) is 0.143. The lowest BCUT2D eigenvalue weighted by Crippen LogP contribution is -2.29. The molecule has 0 saturated heterocycles. The number of fused-ring (bicyclic) bond motifs is 2. The van der Waals surface area contributed by atoms with Crippen LogP contribution in [0, 0.1) is 6.92 Å². The number of halogens is 1. The molecule has 5 rings (SSSR count). The van der Waals surface area contributed by atoms with Gasteiger partial charge in [-0.25, -0.2) is 0 Å². The number of hydrogen-bond donors (Lipinski definition) is 0. The average molecular weight is 472 g/mol. The molecule has 1 amide bonds. The molecule has 3 aromatic carbocycles. The maximum atomic E-state index is 13.6. The highest BCUT2D eigenvalue weighted by Crippen LogP contribution is 2.39. The molecule has 0 saturated carbocycles. The first-order chi connectivity index (χ1) is 16.5. The van der Waals surface area contributed by atoms with Crippen molar-refractivity contribution in [1.29, 1.82) is 0 Å². The van der Waals surface area contributed by atoms with E-state index >= 15 is 0 Å². The fourth-order valence-electron chi connectivity index (χ4n) is 4.29. The highest BCUT2D eigenvalue weighted by molar-refractivity contribution is 6.31. The Labute approximate surface area is 201 Å². The maximum absolute atomic E-state index is 13.6. The third kappa shape index (κ3) is 3.88. The van der Waals surface area contributed by atoms with Crippen LogP contribution in [-0.4, -0.2) is 17.4 Å². The molecule has 0 aliphatic carbocycles. The van der Waals surface area contributed by atoms with E-state index in [1.54, 1.807) is 29.2 Å². The molecule has 34 heavy (non-hydrogen) atoms. The van der Waals surface area contributed by atoms with Crippen molar-refractivity contribution in [3.8, 4) is 5.75 Å². The van der Waals surface area contributed by atoms with Crippen LogP contribution in [0.1, 0.15) is 38.9 Å². The van der Waals surface area contributed by atoms with Crippen molar-refractivity contribution in [3.05, 3.63) is 123 Å². The Morgan fingerprint density at radius 1 is 1.06 bits per heavy atom. The topological polar surface area (TPSA) is 59.8 Å². The van der Waals surface area contributed by atoms with Gasteiger partial charge in [-0.1, -0.05) is 66.2 Å². The van der Waals surface area contributed by atoms with Crippen molar-refractivity contribution in [1.82, 2.24) is 4.90 Å². The summed E-state index contributed by atoms with van der Waals surface area (Å²) in [6.45, 7) is 6.40. The van der Waals surface area contributed by atoms with Crippen LogP contribution in [0.5, 0.6) is 5.75 Å². The lowest BCUT2D eigenvalue weighted by atomic mass is 9.98. The Balaban J connectivity index is 1.65. The van der Waals surface area contributed by atoms with Crippen LogP contribution >= 0.6 is 11.6 Å². The van der Waals surface area contributed by atoms with E-state index in [4.69, 9.17) is 20.8 Å². The van der Waals surface area contributed by atoms with E-state index in [9.17, 15) is 9.59 Å². The van der Waals surface area contributed by atoms with Gasteiger partial charge in [-0.15, -0.1) is 0 Å². The van der Waals surface area contributed by atoms with Gasteiger partial charge < -0.3 is 14.1 Å². The Bertz CT molecular complexity index is 1460. The molecule has 1 unspecified atom stereocenters. The van der Waals surface area contributed by atoms with E-state index in [0.29, 0.717) is 40.5 Å². The number of carbonyl (C=O) groups is 1. The summed E-state index contributed by atoms with van der Waals surface area (Å²) in [5.74, 6) is 0.432. The van der Waals surface area contributed by atoms with Crippen LogP contribution < -0.4 is 10.2 Å². The zero-order valence-electron chi connectivity index (χ0n) is 18.6. The molecule has 4 aromatic rings. The van der Waals surface area contributed by atoms with Crippen LogP contribution in [0.25, 0.3) is 11.0 Å². The summed E-state index contributed by atoms with van der Waals surface area (Å²) in [5.41, 5.74) is 3.29. The number of benzene rings is 3. The molecule has 6 heteroatoms. The van der Waals surface area contributed by atoms with Gasteiger partial charge in [-0.05, 0) is 48.4 Å². The fourth-order valence-corrected chi connectivity index (χ4v) is 4.47. The molecule has 5 nitrogen and oxygen atoms in total. The van der Waals surface area contributed by atoms with Gasteiger partial charge in [0.15, 0.2) is 5.43 Å². The quantitative estimate of drug-likeness (QED) is 0.320. The van der Waals surface area contributed by atoms with Gasteiger partial charge in [0.05, 0.1) is 17.0 Å². The molecule has 1 aliphatic rings. The van der Waals surface area contributed by atoms with Crippen LogP contribution in [0.2, 0.25) is 5.02 Å². The molecule has 0 bridgehead atoms. The standard InChI is InChI=1S/C28H22ClNO4/c1-3-14-33-21-11-8-19(9-12-21)25-24-26(31)22-15-20(29)10-13-23(22)34-27(24)28(32)30(25)16-18-6-4-17(2)5-7-18/h3-13,15,25H,1,14,16H2,2H3. The number of carbonyl (C=O) groups excluding carboxylic acids is 1. The second-order valence-electron chi connectivity index (χ2n) is 8.30. The molecule has 0 spiro atoms. The summed E-state index contributed by atoms with van der Waals surface area (Å²) in [6.07, 6.45) is 1.67. The monoisotopic (exact) mass is 471 g/mol. The molecular formula is C28H22ClNO4. The summed E-state index contributed by atoms with van der Waals surface area (Å²) in [4.78, 5) is 28.9. The SMILES string of the molecule is C=CCOc1ccc(C2c3c(oc4ccc(Cl)cc4c3=O)C(=O)N2Cc2ccc(C)cc2)cc1. The number of ether oxygens (including phenoxy) is 1.